The highest BCUT2D eigenvalue weighted by molar-refractivity contribution is 6.32. The number of aromatic nitrogens is 2. The number of nitrogens with zero attached hydrogens (tertiary/aromatic N) is 3. The lowest BCUT2D eigenvalue weighted by molar-refractivity contribution is -0.385. The average Bonchev–Trinajstić information content (AvgIpc) is 2.61. The molecule has 3 aromatic rings. The van der Waals surface area contributed by atoms with E-state index in [-0.39, 0.29) is 27.4 Å². The summed E-state index contributed by atoms with van der Waals surface area (Å²) in [6.07, 6.45) is 1.13. The van der Waals surface area contributed by atoms with Gasteiger partial charge >= 0.3 is 11.4 Å². The van der Waals surface area contributed by atoms with Crippen molar-refractivity contribution in [2.24, 2.45) is 5.10 Å². The topological polar surface area (TPSA) is 120 Å². The fraction of sp³-hybridized carbons (Fsp3) is 0.0625. The summed E-state index contributed by atoms with van der Waals surface area (Å²) in [6.45, 7) is 0. The van der Waals surface area contributed by atoms with Crippen LogP contribution in [0.2, 0.25) is 5.02 Å². The van der Waals surface area contributed by atoms with E-state index < -0.39 is 16.2 Å². The molecule has 0 spiro atoms. The smallest absolute Gasteiger partial charge is 0.349 e. The molecule has 0 atom stereocenters. The number of benzene rings is 2. The zero-order valence-electron chi connectivity index (χ0n) is 13.3. The number of rotatable bonds is 4. The number of methoxy groups -OCH3 is 1. The van der Waals surface area contributed by atoms with E-state index in [9.17, 15) is 19.7 Å². The molecule has 1 N–H and O–H groups in total. The van der Waals surface area contributed by atoms with Gasteiger partial charge in [-0.2, -0.15) is 5.10 Å². The predicted octanol–water partition coefficient (Wildman–Crippen LogP) is 2.14. The summed E-state index contributed by atoms with van der Waals surface area (Å²) in [5.41, 5.74) is -1.10. The van der Waals surface area contributed by atoms with Gasteiger partial charge in [0, 0.05) is 11.6 Å². The van der Waals surface area contributed by atoms with Crippen LogP contribution in [0.25, 0.3) is 10.9 Å². The first kappa shape index (κ1) is 17.4. The summed E-state index contributed by atoms with van der Waals surface area (Å²) < 4.78 is 5.54. The number of nitro groups is 1. The first-order valence-corrected chi connectivity index (χ1v) is 7.60. The van der Waals surface area contributed by atoms with E-state index in [1.807, 2.05) is 0 Å². The molecular formula is C16H11ClN4O5. The molecule has 0 saturated carbocycles. The third-order valence-corrected chi connectivity index (χ3v) is 3.83. The number of ether oxygens (including phenoxy) is 1. The van der Waals surface area contributed by atoms with Gasteiger partial charge in [0.2, 0.25) is 5.75 Å². The Morgan fingerprint density at radius 1 is 1.31 bits per heavy atom. The summed E-state index contributed by atoms with van der Waals surface area (Å²) in [4.78, 5) is 37.4. The molecule has 1 heterocycles. The van der Waals surface area contributed by atoms with Gasteiger partial charge in [-0.05, 0) is 18.2 Å². The average molecular weight is 375 g/mol. The number of nitrogens with one attached hydrogen (secondary N) is 1. The fourth-order valence-corrected chi connectivity index (χ4v) is 2.69. The normalized spacial score (nSPS) is 11.2. The van der Waals surface area contributed by atoms with Crippen LogP contribution >= 0.6 is 11.6 Å². The van der Waals surface area contributed by atoms with E-state index in [1.165, 1.54) is 19.2 Å². The van der Waals surface area contributed by atoms with Gasteiger partial charge in [0.15, 0.2) is 0 Å². The largest absolute Gasteiger partial charge is 0.489 e. The Morgan fingerprint density at radius 2 is 2.04 bits per heavy atom. The zero-order valence-corrected chi connectivity index (χ0v) is 14.1. The summed E-state index contributed by atoms with van der Waals surface area (Å²) >= 11 is 5.97. The molecule has 0 aliphatic heterocycles. The Balaban J connectivity index is 2.12. The highest BCUT2D eigenvalue weighted by Crippen LogP contribution is 2.35. The van der Waals surface area contributed by atoms with Gasteiger partial charge in [0.05, 0.1) is 34.2 Å². The van der Waals surface area contributed by atoms with Crippen LogP contribution in [-0.2, 0) is 0 Å². The van der Waals surface area contributed by atoms with E-state index in [0.717, 1.165) is 6.21 Å². The summed E-state index contributed by atoms with van der Waals surface area (Å²) in [6, 6.07) is 9.03. The van der Waals surface area contributed by atoms with Crippen LogP contribution in [0.5, 0.6) is 5.75 Å². The number of para-hydroxylation sites is 1. The Morgan fingerprint density at radius 3 is 2.73 bits per heavy atom. The maximum Gasteiger partial charge on any atom is 0.349 e. The molecule has 3 rings (SSSR count). The lowest BCUT2D eigenvalue weighted by Gasteiger charge is -2.05. The van der Waals surface area contributed by atoms with E-state index in [4.69, 9.17) is 16.3 Å². The number of H-pyrrole nitrogens is 1. The van der Waals surface area contributed by atoms with Gasteiger partial charge in [-0.3, -0.25) is 14.9 Å². The van der Waals surface area contributed by atoms with Gasteiger partial charge in [-0.25, -0.2) is 4.79 Å². The molecule has 0 aliphatic carbocycles. The molecule has 132 valence electrons. The van der Waals surface area contributed by atoms with Crippen molar-refractivity contribution < 1.29 is 9.66 Å². The van der Waals surface area contributed by atoms with Crippen LogP contribution in [-0.4, -0.2) is 27.9 Å². The Labute approximate surface area is 150 Å². The quantitative estimate of drug-likeness (QED) is 0.426. The number of hydrogen-bond donors (Lipinski definition) is 1. The van der Waals surface area contributed by atoms with Crippen LogP contribution in [0.1, 0.15) is 5.56 Å². The lowest BCUT2D eigenvalue weighted by Crippen LogP contribution is -2.32. The molecule has 26 heavy (non-hydrogen) atoms. The minimum atomic E-state index is -0.737. The number of hydrogen-bond acceptors (Lipinski definition) is 6. The van der Waals surface area contributed by atoms with E-state index in [1.54, 1.807) is 24.3 Å². The highest BCUT2D eigenvalue weighted by atomic mass is 35.5. The first-order valence-electron chi connectivity index (χ1n) is 7.22. The Bertz CT molecular complexity index is 1170. The van der Waals surface area contributed by atoms with Crippen LogP contribution in [0.3, 0.4) is 0 Å². The maximum absolute atomic E-state index is 12.4. The molecule has 9 nitrogen and oxygen atoms in total. The Hall–Kier alpha value is -3.46. The molecule has 0 amide bonds. The van der Waals surface area contributed by atoms with Crippen molar-refractivity contribution in [2.75, 3.05) is 7.11 Å². The second kappa shape index (κ2) is 6.81. The van der Waals surface area contributed by atoms with E-state index in [2.05, 4.69) is 10.1 Å². The monoisotopic (exact) mass is 374 g/mol. The molecule has 1 aromatic heterocycles. The molecule has 0 fully saturated rings. The Kier molecular flexibility index (Phi) is 4.55. The van der Waals surface area contributed by atoms with Crippen LogP contribution in [0.15, 0.2) is 51.1 Å². The zero-order chi connectivity index (χ0) is 18.8. The summed E-state index contributed by atoms with van der Waals surface area (Å²) in [5.74, 6) is -0.0884. The van der Waals surface area contributed by atoms with Gasteiger partial charge in [-0.1, -0.05) is 23.7 Å². The van der Waals surface area contributed by atoms with Crippen molar-refractivity contribution in [1.82, 2.24) is 9.66 Å². The van der Waals surface area contributed by atoms with Crippen molar-refractivity contribution in [3.8, 4) is 5.75 Å². The third-order valence-electron chi connectivity index (χ3n) is 3.55. The van der Waals surface area contributed by atoms with Crippen molar-refractivity contribution in [2.45, 2.75) is 0 Å². The molecule has 0 saturated heterocycles. The van der Waals surface area contributed by atoms with E-state index in [0.29, 0.717) is 10.2 Å². The maximum atomic E-state index is 12.4. The number of nitro benzene ring substituents is 1. The lowest BCUT2D eigenvalue weighted by atomic mass is 10.2. The third kappa shape index (κ3) is 3.07. The second-order valence-electron chi connectivity index (χ2n) is 5.15. The number of aromatic amines is 1. The number of fused-ring (bicyclic) bond motifs is 1. The van der Waals surface area contributed by atoms with Crippen molar-refractivity contribution in [3.63, 3.8) is 0 Å². The van der Waals surface area contributed by atoms with E-state index >= 15 is 0 Å². The van der Waals surface area contributed by atoms with Crippen molar-refractivity contribution in [1.29, 1.82) is 0 Å². The summed E-state index contributed by atoms with van der Waals surface area (Å²) in [5, 5.41) is 15.2. The number of halogens is 1. The SMILES string of the molecule is COc1c(Cl)cc(C=Nn2c(=O)[nH]c3ccccc3c2=O)cc1[N+](=O)[O-]. The standard InChI is InChI=1S/C16H11ClN4O5/c1-26-14-11(17)6-9(7-13(14)21(24)25)8-18-20-15(22)10-4-2-3-5-12(10)19-16(20)23/h2-8H,1H3,(H,19,23). The van der Waals surface area contributed by atoms with Crippen molar-refractivity contribution >= 4 is 34.4 Å². The van der Waals surface area contributed by atoms with Crippen molar-refractivity contribution in [3.05, 3.63) is 77.9 Å². The highest BCUT2D eigenvalue weighted by Gasteiger charge is 2.19. The molecule has 0 radical (unpaired) electrons. The molecule has 10 heteroatoms. The second-order valence-corrected chi connectivity index (χ2v) is 5.56. The van der Waals surface area contributed by atoms with Crippen LogP contribution < -0.4 is 16.0 Å². The van der Waals surface area contributed by atoms with Crippen LogP contribution in [0.4, 0.5) is 5.69 Å². The molecular weight excluding hydrogens is 364 g/mol. The minimum Gasteiger partial charge on any atom is -0.489 e. The van der Waals surface area contributed by atoms with Gasteiger partial charge in [0.1, 0.15) is 0 Å². The van der Waals surface area contributed by atoms with Gasteiger partial charge in [-0.15, -0.1) is 4.68 Å². The molecule has 0 unspecified atom stereocenters. The van der Waals surface area contributed by atoms with Crippen LogP contribution in [0, 0.1) is 10.1 Å². The minimum absolute atomic E-state index is 0.00270. The summed E-state index contributed by atoms with van der Waals surface area (Å²) in [7, 11) is 1.26. The molecule has 0 aliphatic rings. The van der Waals surface area contributed by atoms with Gasteiger partial charge < -0.3 is 9.72 Å². The first-order chi connectivity index (χ1) is 12.4. The van der Waals surface area contributed by atoms with Gasteiger partial charge in [0.25, 0.3) is 5.56 Å². The fourth-order valence-electron chi connectivity index (χ4n) is 2.39. The molecule has 2 aromatic carbocycles. The molecule has 0 bridgehead atoms. The predicted molar refractivity (Wildman–Crippen MR) is 96.5 cm³/mol.